The van der Waals surface area contributed by atoms with Crippen molar-refractivity contribution in [1.82, 2.24) is 0 Å². The second kappa shape index (κ2) is 4.93. The van der Waals surface area contributed by atoms with Crippen LogP contribution in [0.2, 0.25) is 5.02 Å². The van der Waals surface area contributed by atoms with Gasteiger partial charge in [-0.2, -0.15) is 0 Å². The second-order valence-corrected chi connectivity index (χ2v) is 4.50. The van der Waals surface area contributed by atoms with E-state index in [0.717, 1.165) is 12.6 Å². The van der Waals surface area contributed by atoms with Crippen molar-refractivity contribution >= 4 is 11.6 Å². The van der Waals surface area contributed by atoms with Crippen LogP contribution >= 0.6 is 11.6 Å². The van der Waals surface area contributed by atoms with Gasteiger partial charge >= 0.3 is 0 Å². The fourth-order valence-electron chi connectivity index (χ4n) is 1.72. The van der Waals surface area contributed by atoms with Crippen molar-refractivity contribution in [3.05, 3.63) is 22.7 Å². The van der Waals surface area contributed by atoms with E-state index in [1.807, 2.05) is 12.1 Å². The molecular weight excluding hydrogens is 226 g/mol. The summed E-state index contributed by atoms with van der Waals surface area (Å²) >= 11 is 6.13. The van der Waals surface area contributed by atoms with Crippen molar-refractivity contribution < 1.29 is 14.8 Å². The molecule has 0 aliphatic heterocycles. The fourth-order valence-corrected chi connectivity index (χ4v) is 2.03. The Bertz CT molecular complexity index is 378. The number of rotatable bonds is 5. The molecule has 1 aliphatic rings. The van der Waals surface area contributed by atoms with E-state index in [4.69, 9.17) is 21.1 Å². The quantitative estimate of drug-likeness (QED) is 0.851. The van der Waals surface area contributed by atoms with Gasteiger partial charge in [0.1, 0.15) is 6.54 Å². The predicted octanol–water partition coefficient (Wildman–Crippen LogP) is 1.58. The van der Waals surface area contributed by atoms with Crippen LogP contribution in [0.15, 0.2) is 12.1 Å². The van der Waals surface area contributed by atoms with E-state index in [1.54, 1.807) is 14.2 Å². The standard InChI is InChI=1S/C12H16ClNO2/c1-15-11-6-8(7-14-9-3-4-9)5-10(13)12(11)16-2/h5-6,9,14H,3-4,7H2,1-2H3/p+1. The van der Waals surface area contributed by atoms with Crippen molar-refractivity contribution in [1.29, 1.82) is 0 Å². The van der Waals surface area contributed by atoms with E-state index in [2.05, 4.69) is 5.32 Å². The molecule has 4 heteroatoms. The Morgan fingerprint density at radius 2 is 2.06 bits per heavy atom. The van der Waals surface area contributed by atoms with Crippen molar-refractivity contribution in [2.24, 2.45) is 0 Å². The maximum atomic E-state index is 6.13. The lowest BCUT2D eigenvalue weighted by atomic mass is 10.2. The molecule has 1 aromatic rings. The zero-order valence-corrected chi connectivity index (χ0v) is 10.4. The molecule has 1 aliphatic carbocycles. The molecule has 0 heterocycles. The van der Waals surface area contributed by atoms with Gasteiger partial charge in [-0.05, 0) is 12.1 Å². The highest BCUT2D eigenvalue weighted by molar-refractivity contribution is 6.32. The Labute approximate surface area is 101 Å². The number of ether oxygens (including phenoxy) is 2. The van der Waals surface area contributed by atoms with Gasteiger partial charge in [0.15, 0.2) is 11.5 Å². The summed E-state index contributed by atoms with van der Waals surface area (Å²) < 4.78 is 10.4. The minimum Gasteiger partial charge on any atom is -0.493 e. The van der Waals surface area contributed by atoms with Gasteiger partial charge in [-0.3, -0.25) is 0 Å². The monoisotopic (exact) mass is 242 g/mol. The van der Waals surface area contributed by atoms with E-state index in [0.29, 0.717) is 16.5 Å². The SMILES string of the molecule is COc1cc(C[NH2+]C2CC2)cc(Cl)c1OC. The van der Waals surface area contributed by atoms with Crippen LogP contribution in [0.4, 0.5) is 0 Å². The van der Waals surface area contributed by atoms with Gasteiger partial charge in [0.2, 0.25) is 0 Å². The van der Waals surface area contributed by atoms with Gasteiger partial charge in [-0.15, -0.1) is 0 Å². The summed E-state index contributed by atoms with van der Waals surface area (Å²) in [5, 5.41) is 2.96. The van der Waals surface area contributed by atoms with Crippen LogP contribution in [-0.2, 0) is 6.54 Å². The van der Waals surface area contributed by atoms with Crippen LogP contribution in [0.5, 0.6) is 11.5 Å². The lowest BCUT2D eigenvalue weighted by Gasteiger charge is -2.11. The molecule has 2 N–H and O–H groups in total. The highest BCUT2D eigenvalue weighted by Gasteiger charge is 2.25. The molecule has 0 radical (unpaired) electrons. The molecule has 1 aromatic carbocycles. The van der Waals surface area contributed by atoms with E-state index < -0.39 is 0 Å². The largest absolute Gasteiger partial charge is 0.493 e. The summed E-state index contributed by atoms with van der Waals surface area (Å²) in [6.07, 6.45) is 2.67. The number of methoxy groups -OCH3 is 2. The van der Waals surface area contributed by atoms with E-state index in [1.165, 1.54) is 18.4 Å². The lowest BCUT2D eigenvalue weighted by Crippen LogP contribution is -2.84. The van der Waals surface area contributed by atoms with Crippen molar-refractivity contribution in [3.63, 3.8) is 0 Å². The Kier molecular flexibility index (Phi) is 3.56. The van der Waals surface area contributed by atoms with E-state index in [9.17, 15) is 0 Å². The normalized spacial score (nSPS) is 14.9. The average molecular weight is 243 g/mol. The van der Waals surface area contributed by atoms with Gasteiger partial charge in [0.25, 0.3) is 0 Å². The molecule has 1 fully saturated rings. The summed E-state index contributed by atoms with van der Waals surface area (Å²) in [6.45, 7) is 0.949. The fraction of sp³-hybridized carbons (Fsp3) is 0.500. The minimum atomic E-state index is 0.610. The van der Waals surface area contributed by atoms with E-state index in [-0.39, 0.29) is 0 Å². The van der Waals surface area contributed by atoms with Gasteiger partial charge in [-0.25, -0.2) is 0 Å². The molecule has 0 amide bonds. The Morgan fingerprint density at radius 1 is 1.31 bits per heavy atom. The third kappa shape index (κ3) is 2.60. The second-order valence-electron chi connectivity index (χ2n) is 4.09. The third-order valence-corrected chi connectivity index (χ3v) is 3.08. The Morgan fingerprint density at radius 3 is 2.62 bits per heavy atom. The average Bonchev–Trinajstić information content (AvgIpc) is 3.09. The summed E-state index contributed by atoms with van der Waals surface area (Å²) in [4.78, 5) is 0. The number of halogens is 1. The van der Waals surface area contributed by atoms with Crippen LogP contribution in [0.3, 0.4) is 0 Å². The number of nitrogens with two attached hydrogens (primary N) is 1. The number of benzene rings is 1. The molecule has 0 unspecified atom stereocenters. The highest BCUT2D eigenvalue weighted by Crippen LogP contribution is 2.35. The number of hydrogen-bond donors (Lipinski definition) is 1. The Balaban J connectivity index is 2.15. The van der Waals surface area contributed by atoms with Gasteiger partial charge in [-0.1, -0.05) is 11.6 Å². The lowest BCUT2D eigenvalue weighted by molar-refractivity contribution is -0.683. The van der Waals surface area contributed by atoms with Crippen LogP contribution in [-0.4, -0.2) is 20.3 Å². The molecule has 3 nitrogen and oxygen atoms in total. The summed E-state index contributed by atoms with van der Waals surface area (Å²) in [5.74, 6) is 1.31. The molecule has 0 spiro atoms. The smallest absolute Gasteiger partial charge is 0.179 e. The Hall–Kier alpha value is -0.930. The van der Waals surface area contributed by atoms with Gasteiger partial charge in [0, 0.05) is 18.4 Å². The molecule has 0 aromatic heterocycles. The van der Waals surface area contributed by atoms with Gasteiger partial charge in [0.05, 0.1) is 25.3 Å². The van der Waals surface area contributed by atoms with Crippen molar-refractivity contribution in [3.8, 4) is 11.5 Å². The summed E-state index contributed by atoms with van der Waals surface area (Å²) in [5.41, 5.74) is 1.18. The maximum Gasteiger partial charge on any atom is 0.179 e. The maximum absolute atomic E-state index is 6.13. The minimum absolute atomic E-state index is 0.610. The zero-order valence-electron chi connectivity index (χ0n) is 9.63. The molecule has 0 saturated heterocycles. The summed E-state index contributed by atoms with van der Waals surface area (Å²) in [7, 11) is 3.22. The van der Waals surface area contributed by atoms with Crippen LogP contribution < -0.4 is 14.8 Å². The molecular formula is C12H17ClNO2+. The number of quaternary nitrogens is 1. The molecule has 1 saturated carbocycles. The molecule has 0 bridgehead atoms. The molecule has 88 valence electrons. The van der Waals surface area contributed by atoms with Crippen LogP contribution in [0.1, 0.15) is 18.4 Å². The van der Waals surface area contributed by atoms with Gasteiger partial charge < -0.3 is 14.8 Å². The first-order valence-electron chi connectivity index (χ1n) is 5.48. The first kappa shape index (κ1) is 11.6. The predicted molar refractivity (Wildman–Crippen MR) is 63.2 cm³/mol. The summed E-state index contributed by atoms with van der Waals surface area (Å²) in [6, 6.07) is 4.75. The van der Waals surface area contributed by atoms with Crippen LogP contribution in [0.25, 0.3) is 0 Å². The van der Waals surface area contributed by atoms with Crippen LogP contribution in [0, 0.1) is 0 Å². The topological polar surface area (TPSA) is 35.1 Å². The molecule has 0 atom stereocenters. The molecule has 2 rings (SSSR count). The first-order valence-corrected chi connectivity index (χ1v) is 5.86. The highest BCUT2D eigenvalue weighted by atomic mass is 35.5. The zero-order chi connectivity index (χ0) is 11.5. The first-order chi connectivity index (χ1) is 7.74. The van der Waals surface area contributed by atoms with Crippen molar-refractivity contribution in [2.45, 2.75) is 25.4 Å². The van der Waals surface area contributed by atoms with E-state index >= 15 is 0 Å². The third-order valence-electron chi connectivity index (χ3n) is 2.80. The molecule has 16 heavy (non-hydrogen) atoms. The van der Waals surface area contributed by atoms with Crippen molar-refractivity contribution in [2.75, 3.05) is 14.2 Å². The number of hydrogen-bond acceptors (Lipinski definition) is 2.